The van der Waals surface area contributed by atoms with Gasteiger partial charge in [0, 0.05) is 102 Å². The first-order chi connectivity index (χ1) is 28.0. The van der Waals surface area contributed by atoms with Crippen LogP contribution in [0, 0.1) is 214 Å². The van der Waals surface area contributed by atoms with Crippen molar-refractivity contribution in [2.24, 2.45) is 0 Å². The second kappa shape index (κ2) is 37.6. The number of rotatable bonds is 8. The molecule has 0 aromatic carbocycles. The molecule has 0 aliphatic heterocycles. The summed E-state index contributed by atoms with van der Waals surface area (Å²) in [6.07, 6.45) is 13.5. The zero-order chi connectivity index (χ0) is 43.3. The molecule has 0 aromatic rings. The SMILES string of the molecule is CCCCCNC(=O)OC(C)(C)C.[B]C(=O)NCCC[N+](C)(C#CC#CC#CC#CC#CC#CC#CC#CC#C)C#CC#CC#CC#CC#CC#CC#CC#CC#C. The molecular weight excluding hydrogens is 713 g/mol. The van der Waals surface area contributed by atoms with E-state index >= 15 is 0 Å². The number of quaternary nitrogens is 1. The lowest BCUT2D eigenvalue weighted by atomic mass is 10.1. The second-order valence-electron chi connectivity index (χ2n) is 11.0. The highest BCUT2D eigenvalue weighted by Gasteiger charge is 2.17. The average Bonchev–Trinajstić information content (AvgIpc) is 3.17. The van der Waals surface area contributed by atoms with E-state index in [4.69, 9.17) is 25.4 Å². The summed E-state index contributed by atoms with van der Waals surface area (Å²) in [5.74, 6) is 78.8. The molecular formula is C51H33BN3O3+. The summed E-state index contributed by atoms with van der Waals surface area (Å²) in [6, 6.07) is 5.87. The van der Waals surface area contributed by atoms with Crippen LogP contribution in [0.3, 0.4) is 0 Å². The molecule has 7 heteroatoms. The number of terminal acetylenes is 2. The van der Waals surface area contributed by atoms with Crippen molar-refractivity contribution in [2.75, 3.05) is 26.7 Å². The van der Waals surface area contributed by atoms with Gasteiger partial charge in [-0.3, -0.25) is 4.79 Å². The predicted molar refractivity (Wildman–Crippen MR) is 231 cm³/mol. The molecule has 0 spiro atoms. The Balaban J connectivity index is 0. The largest absolute Gasteiger partial charge is 0.444 e. The van der Waals surface area contributed by atoms with Gasteiger partial charge in [-0.2, -0.15) is 4.48 Å². The van der Waals surface area contributed by atoms with Gasteiger partial charge in [-0.1, -0.05) is 19.8 Å². The monoisotopic (exact) mass is 746 g/mol. The molecule has 0 fully saturated rings. The quantitative estimate of drug-likeness (QED) is 0.174. The third kappa shape index (κ3) is 43.0. The number of hydrogen-bond acceptors (Lipinski definition) is 3. The van der Waals surface area contributed by atoms with Crippen LogP contribution in [0.15, 0.2) is 0 Å². The molecule has 2 radical (unpaired) electrons. The highest BCUT2D eigenvalue weighted by Crippen LogP contribution is 2.06. The van der Waals surface area contributed by atoms with Crippen LogP contribution >= 0.6 is 0 Å². The minimum Gasteiger partial charge on any atom is -0.444 e. The molecule has 2 amide bonds. The molecule has 0 aromatic heterocycles. The first kappa shape index (κ1) is 51.0. The smallest absolute Gasteiger partial charge is 0.407 e. The maximum atomic E-state index is 11.1. The van der Waals surface area contributed by atoms with E-state index in [0.29, 0.717) is 26.1 Å². The Morgan fingerprint density at radius 1 is 0.517 bits per heavy atom. The van der Waals surface area contributed by atoms with E-state index in [1.807, 2.05) is 20.8 Å². The summed E-state index contributed by atoms with van der Waals surface area (Å²) in [5.41, 5.74) is -0.394. The van der Waals surface area contributed by atoms with Gasteiger partial charge in [0.05, 0.1) is 18.9 Å². The van der Waals surface area contributed by atoms with Gasteiger partial charge in [-0.25, -0.2) is 4.79 Å². The van der Waals surface area contributed by atoms with Gasteiger partial charge < -0.3 is 15.4 Å². The van der Waals surface area contributed by atoms with Gasteiger partial charge in [0.2, 0.25) is 0 Å². The maximum Gasteiger partial charge on any atom is 0.407 e. The molecule has 0 atom stereocenters. The lowest BCUT2D eigenvalue weighted by molar-refractivity contribution is -0.772. The molecule has 58 heavy (non-hydrogen) atoms. The van der Waals surface area contributed by atoms with Crippen LogP contribution in [0.4, 0.5) is 9.59 Å². The standard InChI is InChI=1S/C41H11BN2O.C10H21NO2/c1-4-6-8-10-12-14-16-18-20-22-24-26-28-30-32-34-38-44(3,40-36-37-43-41(42)45)39-35-33-31-29-27-25-23-21-19-17-15-13-11-9-7-5-2;1-5-6-7-8-11-9(12)13-10(2,3)4/h1-2H,36-37,40H2,3H3;5-8H2,1-4H3,(H,11,12)/p+1. The summed E-state index contributed by atoms with van der Waals surface area (Å²) >= 11 is 0. The van der Waals surface area contributed by atoms with Crippen molar-refractivity contribution in [3.05, 3.63) is 0 Å². The first-order valence-electron chi connectivity index (χ1n) is 16.8. The van der Waals surface area contributed by atoms with Gasteiger partial charge >= 0.3 is 6.09 Å². The van der Waals surface area contributed by atoms with Gasteiger partial charge in [-0.05, 0) is 122 Å². The first-order valence-corrected chi connectivity index (χ1v) is 16.8. The van der Waals surface area contributed by atoms with E-state index in [1.54, 1.807) is 7.05 Å². The number of unbranched alkanes of at least 4 members (excludes halogenated alkanes) is 2. The molecule has 0 aliphatic carbocycles. The summed E-state index contributed by atoms with van der Waals surface area (Å²) in [4.78, 5) is 22.0. The van der Waals surface area contributed by atoms with Crippen molar-refractivity contribution in [3.8, 4) is 214 Å². The van der Waals surface area contributed by atoms with E-state index in [-0.39, 0.29) is 10.6 Å². The predicted octanol–water partition coefficient (Wildman–Crippen LogP) is 2.64. The lowest BCUT2D eigenvalue weighted by Crippen LogP contribution is -2.36. The van der Waals surface area contributed by atoms with Gasteiger partial charge in [0.15, 0.2) is 25.7 Å². The van der Waals surface area contributed by atoms with Crippen molar-refractivity contribution in [2.45, 2.75) is 59.0 Å². The van der Waals surface area contributed by atoms with Crippen LogP contribution < -0.4 is 10.6 Å². The second-order valence-corrected chi connectivity index (χ2v) is 11.0. The molecule has 0 saturated carbocycles. The normalized spacial score (nSPS) is 6.88. The fourth-order valence-corrected chi connectivity index (χ4v) is 2.81. The maximum absolute atomic E-state index is 11.1. The molecule has 0 heterocycles. The summed E-state index contributed by atoms with van der Waals surface area (Å²) in [7, 11) is 6.86. The Hall–Kier alpha value is -9.16. The molecule has 0 rings (SSSR count). The molecule has 0 aliphatic rings. The minimum absolute atomic E-state index is 0.0285. The van der Waals surface area contributed by atoms with Crippen LogP contribution in [0.2, 0.25) is 0 Å². The van der Waals surface area contributed by atoms with Crippen LogP contribution in [-0.4, -0.2) is 56.5 Å². The Kier molecular flexibility index (Phi) is 33.0. The zero-order valence-electron chi connectivity index (χ0n) is 32.9. The van der Waals surface area contributed by atoms with E-state index in [2.05, 4.69) is 219 Å². The number of amides is 2. The highest BCUT2D eigenvalue weighted by atomic mass is 16.6. The van der Waals surface area contributed by atoms with E-state index in [0.717, 1.165) is 19.3 Å². The lowest BCUT2D eigenvalue weighted by Gasteiger charge is -2.19. The van der Waals surface area contributed by atoms with Crippen LogP contribution in [-0.2, 0) is 4.74 Å². The average molecular weight is 747 g/mol. The molecule has 0 bridgehead atoms. The number of alkyl carbamates (subject to hydrolysis) is 1. The third-order valence-electron chi connectivity index (χ3n) is 5.03. The molecule has 6 nitrogen and oxygen atoms in total. The molecule has 0 saturated heterocycles. The molecule has 0 unspecified atom stereocenters. The van der Waals surface area contributed by atoms with Crippen molar-refractivity contribution < 1.29 is 18.8 Å². The Morgan fingerprint density at radius 3 is 1.12 bits per heavy atom. The minimum atomic E-state index is -0.618. The molecule has 2 N–H and O–H groups in total. The van der Waals surface area contributed by atoms with E-state index in [9.17, 15) is 9.59 Å². The van der Waals surface area contributed by atoms with Crippen molar-refractivity contribution in [1.29, 1.82) is 0 Å². The van der Waals surface area contributed by atoms with Gasteiger partial charge in [-0.15, -0.1) is 12.8 Å². The number of ether oxygens (including phenoxy) is 1. The van der Waals surface area contributed by atoms with Gasteiger partial charge in [0.25, 0.3) is 0 Å². The summed E-state index contributed by atoms with van der Waals surface area (Å²) in [5, 5.41) is 5.23. The number of hydrogen-bond donors (Lipinski definition) is 2. The van der Waals surface area contributed by atoms with Crippen molar-refractivity contribution >= 4 is 19.7 Å². The van der Waals surface area contributed by atoms with Crippen molar-refractivity contribution in [3.63, 3.8) is 0 Å². The Morgan fingerprint density at radius 2 is 0.828 bits per heavy atom. The van der Waals surface area contributed by atoms with Crippen LogP contribution in [0.1, 0.15) is 53.4 Å². The van der Waals surface area contributed by atoms with Crippen LogP contribution in [0.5, 0.6) is 0 Å². The summed E-state index contributed by atoms with van der Waals surface area (Å²) in [6.45, 7) is 9.23. The summed E-state index contributed by atoms with van der Waals surface area (Å²) < 4.78 is 5.04. The van der Waals surface area contributed by atoms with Crippen LogP contribution in [0.25, 0.3) is 0 Å². The van der Waals surface area contributed by atoms with E-state index in [1.165, 1.54) is 0 Å². The Labute approximate surface area is 348 Å². The van der Waals surface area contributed by atoms with E-state index < -0.39 is 11.4 Å². The number of carbonyl (C=O) groups excluding carboxylic acids is 2. The third-order valence-corrected chi connectivity index (χ3v) is 5.03. The Bertz CT molecular complexity index is 2490. The fourth-order valence-electron chi connectivity index (χ4n) is 2.81. The van der Waals surface area contributed by atoms with Crippen molar-refractivity contribution in [1.82, 2.24) is 10.6 Å². The highest BCUT2D eigenvalue weighted by molar-refractivity contribution is 6.57. The fraction of sp³-hybridized carbons (Fsp3) is 0.255. The zero-order valence-corrected chi connectivity index (χ0v) is 32.9. The van der Waals surface area contributed by atoms with Gasteiger partial charge in [0.1, 0.15) is 12.1 Å². The number of nitrogens with zero attached hydrogens (tertiary/aromatic N) is 1. The number of carbonyl (C=O) groups is 2. The topological polar surface area (TPSA) is 67.4 Å². The number of nitrogens with one attached hydrogen (secondary N) is 2. The molecule has 272 valence electrons.